The summed E-state index contributed by atoms with van der Waals surface area (Å²) in [6.45, 7) is 2.86. The Morgan fingerprint density at radius 1 is 1.21 bits per heavy atom. The maximum atomic E-state index is 13.2. The topological polar surface area (TPSA) is 50.7 Å². The first-order valence-corrected chi connectivity index (χ1v) is 8.79. The highest BCUT2D eigenvalue weighted by Crippen LogP contribution is 2.21. The van der Waals surface area contributed by atoms with Gasteiger partial charge in [-0.25, -0.2) is 9.37 Å². The fraction of sp³-hybridized carbons (Fsp3) is 0.278. The lowest BCUT2D eigenvalue weighted by Gasteiger charge is -2.13. The summed E-state index contributed by atoms with van der Waals surface area (Å²) in [6, 6.07) is 5.54. The predicted molar refractivity (Wildman–Crippen MR) is 94.3 cm³/mol. The molecule has 3 aromatic heterocycles. The Labute approximate surface area is 144 Å². The summed E-state index contributed by atoms with van der Waals surface area (Å²) < 4.78 is 13.2. The van der Waals surface area contributed by atoms with Gasteiger partial charge in [0.15, 0.2) is 0 Å². The Hall–Kier alpha value is -2.18. The third-order valence-corrected chi connectivity index (χ3v) is 4.68. The van der Waals surface area contributed by atoms with E-state index in [4.69, 9.17) is 0 Å². The average Bonchev–Trinajstić information content (AvgIpc) is 3.08. The van der Waals surface area contributed by atoms with Gasteiger partial charge in [0.05, 0.1) is 16.9 Å². The van der Waals surface area contributed by atoms with Crippen molar-refractivity contribution in [2.24, 2.45) is 0 Å². The van der Waals surface area contributed by atoms with Gasteiger partial charge in [-0.3, -0.25) is 9.97 Å². The summed E-state index contributed by atoms with van der Waals surface area (Å²) in [5.74, 6) is -0.299. The molecule has 0 unspecified atom stereocenters. The molecule has 0 bridgehead atoms. The van der Waals surface area contributed by atoms with Crippen LogP contribution in [-0.2, 0) is 6.42 Å². The van der Waals surface area contributed by atoms with Gasteiger partial charge in [-0.15, -0.1) is 11.3 Å². The number of aromatic nitrogens is 3. The standard InChI is InChI=1S/C18H19FN4S/c1-13(15-9-16(19)11-21-10-15)22-6-2-3-18-23-17(12-24-18)14-4-7-20-8-5-14/h4-5,7-13,22H,2-3,6H2,1H3/t13-/m0/s1. The largest absolute Gasteiger partial charge is 0.310 e. The van der Waals surface area contributed by atoms with E-state index in [0.29, 0.717) is 0 Å². The third kappa shape index (κ3) is 4.43. The van der Waals surface area contributed by atoms with Gasteiger partial charge in [-0.1, -0.05) is 0 Å². The minimum absolute atomic E-state index is 0.0804. The Balaban J connectivity index is 1.46. The summed E-state index contributed by atoms with van der Waals surface area (Å²) in [5.41, 5.74) is 2.96. The minimum Gasteiger partial charge on any atom is -0.310 e. The van der Waals surface area contributed by atoms with Crippen LogP contribution in [0.1, 0.15) is 30.0 Å². The highest BCUT2D eigenvalue weighted by Gasteiger charge is 2.07. The van der Waals surface area contributed by atoms with Gasteiger partial charge in [-0.2, -0.15) is 0 Å². The molecule has 0 aliphatic heterocycles. The first-order valence-electron chi connectivity index (χ1n) is 7.91. The van der Waals surface area contributed by atoms with Gasteiger partial charge in [0.25, 0.3) is 0 Å². The van der Waals surface area contributed by atoms with Gasteiger partial charge < -0.3 is 5.32 Å². The zero-order valence-electron chi connectivity index (χ0n) is 13.4. The smallest absolute Gasteiger partial charge is 0.141 e. The number of aryl methyl sites for hydroxylation is 1. The summed E-state index contributed by atoms with van der Waals surface area (Å²) in [4.78, 5) is 12.6. The van der Waals surface area contributed by atoms with E-state index in [1.165, 1.54) is 12.3 Å². The van der Waals surface area contributed by atoms with E-state index < -0.39 is 0 Å². The molecule has 0 saturated carbocycles. The monoisotopic (exact) mass is 342 g/mol. The Morgan fingerprint density at radius 3 is 2.83 bits per heavy atom. The zero-order valence-corrected chi connectivity index (χ0v) is 14.3. The van der Waals surface area contributed by atoms with Crippen LogP contribution in [0.3, 0.4) is 0 Å². The second kappa shape index (κ2) is 8.08. The normalized spacial score (nSPS) is 12.2. The summed E-state index contributed by atoms with van der Waals surface area (Å²) in [5, 5.41) is 6.61. The van der Waals surface area contributed by atoms with E-state index in [0.717, 1.165) is 41.2 Å². The van der Waals surface area contributed by atoms with Crippen LogP contribution < -0.4 is 5.32 Å². The highest BCUT2D eigenvalue weighted by atomic mass is 32.1. The zero-order chi connectivity index (χ0) is 16.8. The summed E-state index contributed by atoms with van der Waals surface area (Å²) >= 11 is 1.68. The fourth-order valence-corrected chi connectivity index (χ4v) is 3.27. The average molecular weight is 342 g/mol. The molecule has 124 valence electrons. The molecule has 0 aliphatic carbocycles. The SMILES string of the molecule is C[C@H](NCCCc1nc(-c2ccncc2)cs1)c1cncc(F)c1. The number of nitrogens with one attached hydrogen (secondary N) is 1. The van der Waals surface area contributed by atoms with Gasteiger partial charge in [0.1, 0.15) is 5.82 Å². The lowest BCUT2D eigenvalue weighted by Crippen LogP contribution is -2.20. The molecule has 0 amide bonds. The van der Waals surface area contributed by atoms with Crippen molar-refractivity contribution in [3.05, 3.63) is 64.8 Å². The Kier molecular flexibility index (Phi) is 5.61. The van der Waals surface area contributed by atoms with E-state index in [1.54, 1.807) is 29.9 Å². The number of nitrogens with zero attached hydrogens (tertiary/aromatic N) is 3. The molecule has 1 N–H and O–H groups in total. The highest BCUT2D eigenvalue weighted by molar-refractivity contribution is 7.09. The first kappa shape index (κ1) is 16.7. The lowest BCUT2D eigenvalue weighted by molar-refractivity contribution is 0.548. The van der Waals surface area contributed by atoms with Gasteiger partial charge in [-0.05, 0) is 43.7 Å². The molecule has 4 nitrogen and oxygen atoms in total. The molecule has 0 fully saturated rings. The molecule has 0 aliphatic rings. The molecule has 0 spiro atoms. The van der Waals surface area contributed by atoms with Crippen molar-refractivity contribution in [1.82, 2.24) is 20.3 Å². The number of hydrogen-bond acceptors (Lipinski definition) is 5. The number of halogens is 1. The van der Waals surface area contributed by atoms with Crippen molar-refractivity contribution in [2.45, 2.75) is 25.8 Å². The van der Waals surface area contributed by atoms with Crippen LogP contribution in [0.5, 0.6) is 0 Å². The van der Waals surface area contributed by atoms with Crippen LogP contribution in [0.2, 0.25) is 0 Å². The molecule has 3 heterocycles. The van der Waals surface area contributed by atoms with Crippen molar-refractivity contribution < 1.29 is 4.39 Å². The van der Waals surface area contributed by atoms with Crippen LogP contribution in [0.25, 0.3) is 11.3 Å². The quantitative estimate of drug-likeness (QED) is 0.659. The number of hydrogen-bond donors (Lipinski definition) is 1. The van der Waals surface area contributed by atoms with Crippen molar-refractivity contribution in [2.75, 3.05) is 6.54 Å². The molecule has 0 aromatic carbocycles. The third-order valence-electron chi connectivity index (χ3n) is 3.77. The van der Waals surface area contributed by atoms with E-state index in [-0.39, 0.29) is 11.9 Å². The van der Waals surface area contributed by atoms with Crippen LogP contribution in [0.15, 0.2) is 48.4 Å². The van der Waals surface area contributed by atoms with Gasteiger partial charge in [0, 0.05) is 42.0 Å². The molecular weight excluding hydrogens is 323 g/mol. The second-order valence-electron chi connectivity index (χ2n) is 5.58. The number of pyridine rings is 2. The number of thiazole rings is 1. The molecule has 3 aromatic rings. The van der Waals surface area contributed by atoms with Gasteiger partial charge in [0.2, 0.25) is 0 Å². The second-order valence-corrected chi connectivity index (χ2v) is 6.52. The molecule has 0 radical (unpaired) electrons. The van der Waals surface area contributed by atoms with Crippen molar-refractivity contribution in [3.8, 4) is 11.3 Å². The van der Waals surface area contributed by atoms with Crippen LogP contribution in [0.4, 0.5) is 4.39 Å². The van der Waals surface area contributed by atoms with Crippen molar-refractivity contribution in [1.29, 1.82) is 0 Å². The summed E-state index contributed by atoms with van der Waals surface area (Å²) in [6.07, 6.45) is 8.39. The molecule has 3 rings (SSSR count). The van der Waals surface area contributed by atoms with Crippen LogP contribution in [0, 0.1) is 5.82 Å². The van der Waals surface area contributed by atoms with Crippen LogP contribution >= 0.6 is 11.3 Å². The van der Waals surface area contributed by atoms with Crippen LogP contribution in [-0.4, -0.2) is 21.5 Å². The van der Waals surface area contributed by atoms with E-state index in [2.05, 4.69) is 25.6 Å². The van der Waals surface area contributed by atoms with Crippen molar-refractivity contribution in [3.63, 3.8) is 0 Å². The van der Waals surface area contributed by atoms with E-state index in [9.17, 15) is 4.39 Å². The van der Waals surface area contributed by atoms with E-state index in [1.807, 2.05) is 19.1 Å². The predicted octanol–water partition coefficient (Wildman–Crippen LogP) is 4.02. The molecular formula is C18H19FN4S. The maximum Gasteiger partial charge on any atom is 0.141 e. The fourth-order valence-electron chi connectivity index (χ4n) is 2.42. The molecule has 1 atom stereocenters. The lowest BCUT2D eigenvalue weighted by atomic mass is 10.1. The van der Waals surface area contributed by atoms with E-state index >= 15 is 0 Å². The molecule has 0 saturated heterocycles. The molecule has 6 heteroatoms. The van der Waals surface area contributed by atoms with Gasteiger partial charge >= 0.3 is 0 Å². The Bertz CT molecular complexity index is 775. The number of rotatable bonds is 7. The minimum atomic E-state index is -0.299. The maximum absolute atomic E-state index is 13.2. The first-order chi connectivity index (χ1) is 11.7. The summed E-state index contributed by atoms with van der Waals surface area (Å²) in [7, 11) is 0. The molecule has 24 heavy (non-hydrogen) atoms. The Morgan fingerprint density at radius 2 is 2.04 bits per heavy atom. The van der Waals surface area contributed by atoms with Crippen molar-refractivity contribution >= 4 is 11.3 Å².